The summed E-state index contributed by atoms with van der Waals surface area (Å²) in [6.45, 7) is 0.0635. The number of amides is 1. The maximum atomic E-state index is 12.3. The number of benzene rings is 1. The Kier molecular flexibility index (Phi) is 2.89. The number of carbonyl (C=O) groups is 1. The molecule has 88 valence electrons. The number of rotatable bonds is 0. The molecule has 0 saturated heterocycles. The fourth-order valence-corrected chi connectivity index (χ4v) is 1.93. The first-order valence-electron chi connectivity index (χ1n) is 5.11. The molecule has 1 aliphatic rings. The largest absolute Gasteiger partial charge is 0.471 e. The number of halogens is 3. The predicted octanol–water partition coefficient (Wildman–Crippen LogP) is 0.927. The van der Waals surface area contributed by atoms with Crippen LogP contribution in [0.3, 0.4) is 0 Å². The number of carbonyl (C=O) groups excluding carboxylic acids is 1. The standard InChI is InChI=1S/C11H9BF3NO/c12-9-2-1-7-3-4-16(6-8(7)5-9)10(17)11(13,14)15/h1-2,5H,3-4,6H2. The van der Waals surface area contributed by atoms with E-state index in [9.17, 15) is 18.0 Å². The number of hydrogen-bond donors (Lipinski definition) is 0. The Morgan fingerprint density at radius 3 is 2.65 bits per heavy atom. The Labute approximate surface area is 97.8 Å². The molecule has 6 heteroatoms. The van der Waals surface area contributed by atoms with Crippen LogP contribution in [0.2, 0.25) is 0 Å². The molecule has 1 heterocycles. The summed E-state index contributed by atoms with van der Waals surface area (Å²) in [6, 6.07) is 5.12. The van der Waals surface area contributed by atoms with Gasteiger partial charge in [-0.25, -0.2) is 0 Å². The molecular formula is C11H9BF3NO. The Bertz CT molecular complexity index is 459. The van der Waals surface area contributed by atoms with Crippen LogP contribution in [0.1, 0.15) is 11.1 Å². The van der Waals surface area contributed by atoms with Gasteiger partial charge >= 0.3 is 12.1 Å². The highest BCUT2D eigenvalue weighted by Crippen LogP contribution is 2.24. The van der Waals surface area contributed by atoms with Crippen molar-refractivity contribution < 1.29 is 18.0 Å². The molecule has 0 N–H and O–H groups in total. The molecule has 0 bridgehead atoms. The highest BCUT2D eigenvalue weighted by molar-refractivity contribution is 6.32. The van der Waals surface area contributed by atoms with E-state index in [4.69, 9.17) is 7.85 Å². The van der Waals surface area contributed by atoms with Crippen LogP contribution in [-0.4, -0.2) is 31.4 Å². The first kappa shape index (κ1) is 12.0. The minimum atomic E-state index is -4.81. The molecule has 2 rings (SSSR count). The van der Waals surface area contributed by atoms with Crippen LogP contribution >= 0.6 is 0 Å². The van der Waals surface area contributed by atoms with E-state index in [0.29, 0.717) is 17.4 Å². The van der Waals surface area contributed by atoms with Crippen molar-refractivity contribution in [2.45, 2.75) is 19.1 Å². The van der Waals surface area contributed by atoms with Crippen molar-refractivity contribution in [3.63, 3.8) is 0 Å². The number of hydrogen-bond acceptors (Lipinski definition) is 1. The molecule has 1 aromatic carbocycles. The lowest BCUT2D eigenvalue weighted by molar-refractivity contribution is -0.186. The third-order valence-electron chi connectivity index (χ3n) is 2.77. The van der Waals surface area contributed by atoms with E-state index in [1.54, 1.807) is 18.2 Å². The van der Waals surface area contributed by atoms with E-state index < -0.39 is 12.1 Å². The van der Waals surface area contributed by atoms with Gasteiger partial charge in [-0.1, -0.05) is 23.7 Å². The minimum absolute atomic E-state index is 0.0291. The van der Waals surface area contributed by atoms with Crippen LogP contribution in [-0.2, 0) is 17.8 Å². The Morgan fingerprint density at radius 1 is 1.29 bits per heavy atom. The summed E-state index contributed by atoms with van der Waals surface area (Å²) in [6.07, 6.45) is -4.38. The summed E-state index contributed by atoms with van der Waals surface area (Å²) < 4.78 is 36.8. The smallest absolute Gasteiger partial charge is 0.330 e. The lowest BCUT2D eigenvalue weighted by Crippen LogP contribution is -2.43. The SMILES string of the molecule is [B]c1ccc2c(c1)CN(C(=O)C(F)(F)F)CC2. The zero-order valence-electron chi connectivity index (χ0n) is 8.92. The van der Waals surface area contributed by atoms with Gasteiger partial charge in [0.25, 0.3) is 0 Å². The zero-order valence-corrected chi connectivity index (χ0v) is 8.92. The topological polar surface area (TPSA) is 20.3 Å². The molecule has 1 aliphatic heterocycles. The Morgan fingerprint density at radius 2 is 2.00 bits per heavy atom. The van der Waals surface area contributed by atoms with E-state index in [1.165, 1.54) is 0 Å². The summed E-state index contributed by atoms with van der Waals surface area (Å²) in [5.74, 6) is -1.79. The van der Waals surface area contributed by atoms with Crippen molar-refractivity contribution in [1.29, 1.82) is 0 Å². The van der Waals surface area contributed by atoms with E-state index in [-0.39, 0.29) is 13.1 Å². The van der Waals surface area contributed by atoms with Crippen LogP contribution < -0.4 is 5.46 Å². The number of nitrogens with zero attached hydrogens (tertiary/aromatic N) is 1. The van der Waals surface area contributed by atoms with Gasteiger partial charge in [0.2, 0.25) is 0 Å². The van der Waals surface area contributed by atoms with Gasteiger partial charge in [-0.15, -0.1) is 0 Å². The molecule has 17 heavy (non-hydrogen) atoms. The second-order valence-corrected chi connectivity index (χ2v) is 4.00. The van der Waals surface area contributed by atoms with E-state index in [0.717, 1.165) is 10.5 Å². The fourth-order valence-electron chi connectivity index (χ4n) is 1.93. The van der Waals surface area contributed by atoms with Crippen molar-refractivity contribution in [3.8, 4) is 0 Å². The van der Waals surface area contributed by atoms with Crippen LogP contribution in [0.4, 0.5) is 13.2 Å². The monoisotopic (exact) mass is 239 g/mol. The highest BCUT2D eigenvalue weighted by atomic mass is 19.4. The molecule has 2 nitrogen and oxygen atoms in total. The first-order valence-corrected chi connectivity index (χ1v) is 5.11. The van der Waals surface area contributed by atoms with Crippen molar-refractivity contribution in [3.05, 3.63) is 29.3 Å². The van der Waals surface area contributed by atoms with Crippen molar-refractivity contribution >= 4 is 19.2 Å². The molecule has 0 fully saturated rings. The molecule has 0 spiro atoms. The van der Waals surface area contributed by atoms with Gasteiger partial charge < -0.3 is 4.90 Å². The number of fused-ring (bicyclic) bond motifs is 1. The molecule has 0 unspecified atom stereocenters. The third kappa shape index (κ3) is 2.45. The maximum absolute atomic E-state index is 12.3. The molecule has 0 atom stereocenters. The predicted molar refractivity (Wildman–Crippen MR) is 57.0 cm³/mol. The minimum Gasteiger partial charge on any atom is -0.330 e. The van der Waals surface area contributed by atoms with Crippen molar-refractivity contribution in [2.75, 3.05) is 6.54 Å². The van der Waals surface area contributed by atoms with Gasteiger partial charge in [-0.05, 0) is 17.5 Å². The van der Waals surface area contributed by atoms with Gasteiger partial charge in [0.15, 0.2) is 0 Å². The third-order valence-corrected chi connectivity index (χ3v) is 2.77. The van der Waals surface area contributed by atoms with Crippen LogP contribution in [0.25, 0.3) is 0 Å². The summed E-state index contributed by atoms with van der Waals surface area (Å²) >= 11 is 0. The fraction of sp³-hybridized carbons (Fsp3) is 0.364. The van der Waals surface area contributed by atoms with Gasteiger partial charge in [0, 0.05) is 13.1 Å². The second kappa shape index (κ2) is 4.09. The summed E-state index contributed by atoms with van der Waals surface area (Å²) in [5, 5.41) is 0. The number of alkyl halides is 3. The second-order valence-electron chi connectivity index (χ2n) is 4.00. The molecule has 1 aromatic rings. The highest BCUT2D eigenvalue weighted by Gasteiger charge is 2.43. The summed E-state index contributed by atoms with van der Waals surface area (Å²) in [5.41, 5.74) is 2.13. The zero-order chi connectivity index (χ0) is 12.6. The molecule has 0 aromatic heterocycles. The molecule has 0 aliphatic carbocycles. The van der Waals surface area contributed by atoms with Crippen LogP contribution in [0.15, 0.2) is 18.2 Å². The van der Waals surface area contributed by atoms with Gasteiger partial charge in [0.05, 0.1) is 0 Å². The summed E-state index contributed by atoms with van der Waals surface area (Å²) in [7, 11) is 5.56. The first-order chi connectivity index (χ1) is 7.88. The van der Waals surface area contributed by atoms with Crippen LogP contribution in [0, 0.1) is 0 Å². The quantitative estimate of drug-likeness (QED) is 0.616. The van der Waals surface area contributed by atoms with Gasteiger partial charge in [-0.3, -0.25) is 4.79 Å². The summed E-state index contributed by atoms with van der Waals surface area (Å²) in [4.78, 5) is 11.9. The lowest BCUT2D eigenvalue weighted by Gasteiger charge is -2.29. The Hall–Kier alpha value is -1.46. The molecule has 1 amide bonds. The Balaban J connectivity index is 2.21. The normalized spacial score (nSPS) is 15.6. The van der Waals surface area contributed by atoms with E-state index in [1.807, 2.05) is 0 Å². The van der Waals surface area contributed by atoms with Gasteiger partial charge in [0.1, 0.15) is 7.85 Å². The average Bonchev–Trinajstić information content (AvgIpc) is 2.25. The van der Waals surface area contributed by atoms with Gasteiger partial charge in [-0.2, -0.15) is 13.2 Å². The lowest BCUT2D eigenvalue weighted by atomic mass is 9.89. The maximum Gasteiger partial charge on any atom is 0.471 e. The van der Waals surface area contributed by atoms with E-state index in [2.05, 4.69) is 0 Å². The molecular weight excluding hydrogens is 230 g/mol. The van der Waals surface area contributed by atoms with Crippen molar-refractivity contribution in [1.82, 2.24) is 4.90 Å². The molecule has 2 radical (unpaired) electrons. The van der Waals surface area contributed by atoms with Crippen molar-refractivity contribution in [2.24, 2.45) is 0 Å². The van der Waals surface area contributed by atoms with Crippen LogP contribution in [0.5, 0.6) is 0 Å². The van der Waals surface area contributed by atoms with E-state index >= 15 is 0 Å². The average molecular weight is 239 g/mol. The molecule has 0 saturated carbocycles.